The highest BCUT2D eigenvalue weighted by Crippen LogP contribution is 2.26. The van der Waals surface area contributed by atoms with E-state index in [-0.39, 0.29) is 12.0 Å². The van der Waals surface area contributed by atoms with Gasteiger partial charge in [-0.1, -0.05) is 27.7 Å². The molecule has 0 aromatic carbocycles. The molecule has 1 atom stereocenters. The molecule has 0 aliphatic carbocycles. The van der Waals surface area contributed by atoms with E-state index in [0.717, 1.165) is 36.0 Å². The Hall–Kier alpha value is -1.36. The van der Waals surface area contributed by atoms with Gasteiger partial charge in [0.1, 0.15) is 17.5 Å². The molecule has 0 bridgehead atoms. The number of hydrogen-bond donors (Lipinski definition) is 3. The molecule has 1 unspecified atom stereocenters. The van der Waals surface area contributed by atoms with E-state index in [1.165, 1.54) is 0 Å². The van der Waals surface area contributed by atoms with Gasteiger partial charge >= 0.3 is 0 Å². The molecule has 0 radical (unpaired) electrons. The highest BCUT2D eigenvalue weighted by molar-refractivity contribution is 5.57. The summed E-state index contributed by atoms with van der Waals surface area (Å²) < 4.78 is 0. The molecule has 0 saturated carbocycles. The van der Waals surface area contributed by atoms with Crippen molar-refractivity contribution in [3.8, 4) is 0 Å². The quantitative estimate of drug-likeness (QED) is 0.747. The molecular formula is C15H28N4O. The van der Waals surface area contributed by atoms with E-state index < -0.39 is 0 Å². The van der Waals surface area contributed by atoms with Crippen molar-refractivity contribution in [1.82, 2.24) is 9.97 Å². The van der Waals surface area contributed by atoms with Crippen LogP contribution in [0.5, 0.6) is 0 Å². The molecule has 0 amide bonds. The molecule has 5 heteroatoms. The van der Waals surface area contributed by atoms with Crippen molar-refractivity contribution in [1.29, 1.82) is 0 Å². The van der Waals surface area contributed by atoms with E-state index in [2.05, 4.69) is 48.3 Å². The second-order valence-electron chi connectivity index (χ2n) is 6.37. The lowest BCUT2D eigenvalue weighted by molar-refractivity contribution is 0.266. The second kappa shape index (κ2) is 6.88. The Balaban J connectivity index is 2.99. The summed E-state index contributed by atoms with van der Waals surface area (Å²) in [6.45, 7) is 11.5. The largest absolute Gasteiger partial charge is 0.396 e. The van der Waals surface area contributed by atoms with Crippen LogP contribution in [0.3, 0.4) is 0 Å². The minimum absolute atomic E-state index is 0.0908. The van der Waals surface area contributed by atoms with Gasteiger partial charge in [0.15, 0.2) is 0 Å². The van der Waals surface area contributed by atoms with Crippen LogP contribution in [-0.4, -0.2) is 35.3 Å². The summed E-state index contributed by atoms with van der Waals surface area (Å²) >= 11 is 0. The van der Waals surface area contributed by atoms with Gasteiger partial charge in [-0.3, -0.25) is 0 Å². The molecule has 20 heavy (non-hydrogen) atoms. The fraction of sp³-hybridized carbons (Fsp3) is 0.733. The van der Waals surface area contributed by atoms with Crippen molar-refractivity contribution in [3.05, 3.63) is 11.4 Å². The number of aliphatic hydroxyl groups is 1. The molecule has 0 aliphatic heterocycles. The number of nitrogens with zero attached hydrogens (tertiary/aromatic N) is 2. The van der Waals surface area contributed by atoms with Crippen molar-refractivity contribution in [2.24, 2.45) is 5.92 Å². The minimum Gasteiger partial charge on any atom is -0.396 e. The van der Waals surface area contributed by atoms with E-state index in [4.69, 9.17) is 5.11 Å². The van der Waals surface area contributed by atoms with Gasteiger partial charge in [-0.05, 0) is 19.3 Å². The highest BCUT2D eigenvalue weighted by Gasteiger charge is 2.21. The van der Waals surface area contributed by atoms with E-state index >= 15 is 0 Å². The second-order valence-corrected chi connectivity index (χ2v) is 6.37. The summed E-state index contributed by atoms with van der Waals surface area (Å²) in [5.41, 5.74) is 0.934. The smallest absolute Gasteiger partial charge is 0.138 e. The minimum atomic E-state index is -0.0908. The van der Waals surface area contributed by atoms with Crippen molar-refractivity contribution in [3.63, 3.8) is 0 Å². The van der Waals surface area contributed by atoms with Crippen LogP contribution in [0.15, 0.2) is 0 Å². The van der Waals surface area contributed by atoms with E-state index in [0.29, 0.717) is 5.92 Å². The van der Waals surface area contributed by atoms with Gasteiger partial charge in [-0.25, -0.2) is 9.97 Å². The Kier molecular flexibility index (Phi) is 5.74. The summed E-state index contributed by atoms with van der Waals surface area (Å²) in [4.78, 5) is 9.24. The lowest BCUT2D eigenvalue weighted by atomic mass is 9.95. The zero-order valence-electron chi connectivity index (χ0n) is 13.5. The third-order valence-electron chi connectivity index (χ3n) is 3.29. The van der Waals surface area contributed by atoms with Crippen molar-refractivity contribution < 1.29 is 5.11 Å². The molecule has 5 nitrogen and oxygen atoms in total. The molecule has 1 heterocycles. The maximum atomic E-state index is 8.96. The van der Waals surface area contributed by atoms with Crippen LogP contribution in [0.25, 0.3) is 0 Å². The van der Waals surface area contributed by atoms with Crippen LogP contribution in [0, 0.1) is 12.8 Å². The average molecular weight is 280 g/mol. The molecule has 0 saturated heterocycles. The Morgan fingerprint density at radius 1 is 1.20 bits per heavy atom. The van der Waals surface area contributed by atoms with Crippen molar-refractivity contribution in [2.75, 3.05) is 30.8 Å². The third-order valence-corrected chi connectivity index (χ3v) is 3.29. The SMILES string of the molecule is CNc1nc(C(C)(C)C)nc(NCC(C)CCO)c1C. The third kappa shape index (κ3) is 4.34. The Bertz CT molecular complexity index is 440. The summed E-state index contributed by atoms with van der Waals surface area (Å²) in [6.07, 6.45) is 0.794. The lowest BCUT2D eigenvalue weighted by Crippen LogP contribution is -2.21. The monoisotopic (exact) mass is 280 g/mol. The number of hydrogen-bond acceptors (Lipinski definition) is 5. The average Bonchev–Trinajstić information content (AvgIpc) is 2.36. The normalized spacial score (nSPS) is 13.2. The van der Waals surface area contributed by atoms with E-state index in [9.17, 15) is 0 Å². The van der Waals surface area contributed by atoms with Gasteiger partial charge in [-0.2, -0.15) is 0 Å². The molecule has 1 aromatic heterocycles. The lowest BCUT2D eigenvalue weighted by Gasteiger charge is -2.21. The standard InChI is InChI=1S/C15H28N4O/c1-10(7-8-20)9-17-13-11(2)12(16-6)18-14(19-13)15(3,4)5/h10,20H,7-9H2,1-6H3,(H2,16,17,18,19). The molecule has 3 N–H and O–H groups in total. The van der Waals surface area contributed by atoms with Gasteiger partial charge in [0.2, 0.25) is 0 Å². The Morgan fingerprint density at radius 3 is 2.30 bits per heavy atom. The zero-order valence-corrected chi connectivity index (χ0v) is 13.5. The topological polar surface area (TPSA) is 70.1 Å². The fourth-order valence-electron chi connectivity index (χ4n) is 1.86. The molecule has 1 aromatic rings. The predicted molar refractivity (Wildman–Crippen MR) is 84.4 cm³/mol. The fourth-order valence-corrected chi connectivity index (χ4v) is 1.86. The van der Waals surface area contributed by atoms with Crippen LogP contribution in [0.1, 0.15) is 45.5 Å². The number of aliphatic hydroxyl groups excluding tert-OH is 1. The number of aromatic nitrogens is 2. The molecule has 114 valence electrons. The van der Waals surface area contributed by atoms with E-state index in [1.54, 1.807) is 0 Å². The first kappa shape index (κ1) is 16.7. The predicted octanol–water partition coefficient (Wildman–Crippen LogP) is 2.55. The maximum absolute atomic E-state index is 8.96. The summed E-state index contributed by atoms with van der Waals surface area (Å²) in [7, 11) is 1.87. The van der Waals surface area contributed by atoms with Crippen LogP contribution in [-0.2, 0) is 5.41 Å². The summed E-state index contributed by atoms with van der Waals surface area (Å²) in [5, 5.41) is 15.5. The summed E-state index contributed by atoms with van der Waals surface area (Å²) in [6, 6.07) is 0. The highest BCUT2D eigenvalue weighted by atomic mass is 16.3. The Labute approximate surface area is 122 Å². The molecule has 0 aliphatic rings. The molecule has 0 spiro atoms. The van der Waals surface area contributed by atoms with Crippen molar-refractivity contribution >= 4 is 11.6 Å². The first-order chi connectivity index (χ1) is 9.29. The van der Waals surface area contributed by atoms with Crippen LogP contribution in [0.4, 0.5) is 11.6 Å². The Morgan fingerprint density at radius 2 is 1.80 bits per heavy atom. The van der Waals surface area contributed by atoms with Gasteiger partial charge in [0.05, 0.1) is 0 Å². The van der Waals surface area contributed by atoms with Crippen LogP contribution in [0.2, 0.25) is 0 Å². The number of rotatable bonds is 6. The molecule has 1 rings (SSSR count). The van der Waals surface area contributed by atoms with Gasteiger partial charge < -0.3 is 15.7 Å². The first-order valence-electron chi connectivity index (χ1n) is 7.21. The zero-order chi connectivity index (χ0) is 15.3. The maximum Gasteiger partial charge on any atom is 0.138 e. The van der Waals surface area contributed by atoms with Gasteiger partial charge in [0.25, 0.3) is 0 Å². The van der Waals surface area contributed by atoms with Crippen LogP contribution >= 0.6 is 0 Å². The van der Waals surface area contributed by atoms with Gasteiger partial charge in [-0.15, -0.1) is 0 Å². The van der Waals surface area contributed by atoms with Gasteiger partial charge in [0, 0.05) is 31.2 Å². The number of nitrogens with one attached hydrogen (secondary N) is 2. The van der Waals surface area contributed by atoms with Crippen LogP contribution < -0.4 is 10.6 Å². The molecule has 0 fully saturated rings. The first-order valence-corrected chi connectivity index (χ1v) is 7.21. The van der Waals surface area contributed by atoms with Crippen molar-refractivity contribution in [2.45, 2.75) is 46.5 Å². The summed E-state index contributed by atoms with van der Waals surface area (Å²) in [5.74, 6) is 2.97. The van der Waals surface area contributed by atoms with E-state index in [1.807, 2.05) is 14.0 Å². The number of anilines is 2. The molecular weight excluding hydrogens is 252 g/mol.